The number of rotatable bonds is 1. The predicted molar refractivity (Wildman–Crippen MR) is 57.7 cm³/mol. The third kappa shape index (κ3) is 2.87. The summed E-state index contributed by atoms with van der Waals surface area (Å²) >= 11 is 0. The van der Waals surface area contributed by atoms with Crippen LogP contribution in [0, 0.1) is 0 Å². The summed E-state index contributed by atoms with van der Waals surface area (Å²) in [4.78, 5) is 11.3. The van der Waals surface area contributed by atoms with E-state index in [9.17, 15) is 18.0 Å². The summed E-state index contributed by atoms with van der Waals surface area (Å²) in [6.07, 6.45) is -1.49. The molecule has 1 nitrogen and oxygen atoms in total. The van der Waals surface area contributed by atoms with E-state index in [-0.39, 0.29) is 11.7 Å². The second kappa shape index (κ2) is 4.51. The van der Waals surface area contributed by atoms with Crippen molar-refractivity contribution in [1.29, 1.82) is 0 Å². The molecule has 0 amide bonds. The van der Waals surface area contributed by atoms with E-state index in [4.69, 9.17) is 0 Å². The van der Waals surface area contributed by atoms with Crippen molar-refractivity contribution >= 4 is 5.78 Å². The molecule has 1 atom stereocenters. The van der Waals surface area contributed by atoms with Crippen molar-refractivity contribution in [2.24, 2.45) is 0 Å². The van der Waals surface area contributed by atoms with Crippen LogP contribution in [0.3, 0.4) is 0 Å². The molecule has 2 rings (SSSR count). The number of benzene rings is 1. The molecule has 0 saturated heterocycles. The Morgan fingerprint density at radius 1 is 1.12 bits per heavy atom. The van der Waals surface area contributed by atoms with Gasteiger partial charge in [0.1, 0.15) is 5.78 Å². The summed E-state index contributed by atoms with van der Waals surface area (Å²) in [5, 5.41) is 0. The third-order valence-corrected chi connectivity index (χ3v) is 3.19. The van der Waals surface area contributed by atoms with Crippen LogP contribution in [0.1, 0.15) is 42.7 Å². The quantitative estimate of drug-likeness (QED) is 0.729. The number of Topliss-reactive ketones (excluding diaryl/α,β-unsaturated/α-hetero) is 1. The minimum atomic E-state index is -4.29. The van der Waals surface area contributed by atoms with Crippen molar-refractivity contribution in [2.75, 3.05) is 0 Å². The van der Waals surface area contributed by atoms with E-state index in [1.165, 1.54) is 12.1 Å². The van der Waals surface area contributed by atoms with Crippen molar-refractivity contribution in [1.82, 2.24) is 0 Å². The Morgan fingerprint density at radius 3 is 2.29 bits per heavy atom. The molecule has 0 N–H and O–H groups in total. The fraction of sp³-hybridized carbons (Fsp3) is 0.462. The molecule has 0 heterocycles. The van der Waals surface area contributed by atoms with Crippen LogP contribution in [-0.2, 0) is 11.0 Å². The number of halogens is 3. The highest BCUT2D eigenvalue weighted by molar-refractivity contribution is 5.80. The van der Waals surface area contributed by atoms with E-state index >= 15 is 0 Å². The number of hydrogen-bond acceptors (Lipinski definition) is 1. The van der Waals surface area contributed by atoms with Gasteiger partial charge in [0, 0.05) is 12.8 Å². The van der Waals surface area contributed by atoms with Gasteiger partial charge in [-0.25, -0.2) is 0 Å². The van der Waals surface area contributed by atoms with Gasteiger partial charge in [-0.1, -0.05) is 12.1 Å². The lowest BCUT2D eigenvalue weighted by Gasteiger charge is -2.21. The smallest absolute Gasteiger partial charge is 0.300 e. The van der Waals surface area contributed by atoms with Crippen LogP contribution in [0.25, 0.3) is 0 Å². The number of hydrogen-bond donors (Lipinski definition) is 0. The van der Waals surface area contributed by atoms with Crippen LogP contribution in [0.4, 0.5) is 13.2 Å². The topological polar surface area (TPSA) is 17.1 Å². The van der Waals surface area contributed by atoms with Gasteiger partial charge >= 0.3 is 6.18 Å². The third-order valence-electron chi connectivity index (χ3n) is 3.19. The second-order valence-electron chi connectivity index (χ2n) is 4.45. The number of carbonyl (C=O) groups is 1. The van der Waals surface area contributed by atoms with Crippen molar-refractivity contribution in [3.8, 4) is 0 Å². The molecule has 4 heteroatoms. The van der Waals surface area contributed by atoms with E-state index in [1.54, 1.807) is 0 Å². The van der Waals surface area contributed by atoms with Crippen LogP contribution in [0.5, 0.6) is 0 Å². The predicted octanol–water partition coefficient (Wildman–Crippen LogP) is 3.93. The van der Waals surface area contributed by atoms with Crippen molar-refractivity contribution in [2.45, 2.75) is 37.8 Å². The summed E-state index contributed by atoms with van der Waals surface area (Å²) in [6.45, 7) is 0. The lowest BCUT2D eigenvalue weighted by atomic mass is 9.83. The van der Waals surface area contributed by atoms with Gasteiger partial charge in [0.05, 0.1) is 5.56 Å². The maximum atomic E-state index is 12.4. The number of carbonyl (C=O) groups excluding carboxylic acids is 1. The molecule has 1 aromatic carbocycles. The molecule has 1 aliphatic rings. The Hall–Kier alpha value is -1.32. The standard InChI is InChI=1S/C13H13F3O/c14-13(15,16)11-6-4-9(5-7-11)10-2-1-3-12(17)8-10/h4-7,10H,1-3,8H2. The highest BCUT2D eigenvalue weighted by atomic mass is 19.4. The molecule has 0 aliphatic heterocycles. The van der Waals surface area contributed by atoms with E-state index in [2.05, 4.69) is 0 Å². The van der Waals surface area contributed by atoms with Gasteiger partial charge in [-0.2, -0.15) is 13.2 Å². The summed E-state index contributed by atoms with van der Waals surface area (Å²) in [5.74, 6) is 0.305. The molecule has 0 bridgehead atoms. The summed E-state index contributed by atoms with van der Waals surface area (Å²) in [6, 6.07) is 5.17. The maximum absolute atomic E-state index is 12.4. The molecule has 0 radical (unpaired) electrons. The van der Waals surface area contributed by atoms with Crippen LogP contribution >= 0.6 is 0 Å². The van der Waals surface area contributed by atoms with Crippen LogP contribution < -0.4 is 0 Å². The molecule has 1 fully saturated rings. The van der Waals surface area contributed by atoms with E-state index < -0.39 is 11.7 Å². The fourth-order valence-corrected chi connectivity index (χ4v) is 2.25. The molecule has 0 aromatic heterocycles. The Bertz CT molecular complexity index is 406. The first-order valence-electron chi connectivity index (χ1n) is 5.65. The van der Waals surface area contributed by atoms with Gasteiger partial charge < -0.3 is 0 Å². The molecule has 1 aromatic rings. The molecule has 0 spiro atoms. The Kier molecular flexibility index (Phi) is 3.22. The fourth-order valence-electron chi connectivity index (χ4n) is 2.25. The minimum Gasteiger partial charge on any atom is -0.300 e. The highest BCUT2D eigenvalue weighted by Gasteiger charge is 2.30. The molecular weight excluding hydrogens is 229 g/mol. The molecule has 1 unspecified atom stereocenters. The Morgan fingerprint density at radius 2 is 1.76 bits per heavy atom. The maximum Gasteiger partial charge on any atom is 0.416 e. The monoisotopic (exact) mass is 242 g/mol. The van der Waals surface area contributed by atoms with Gasteiger partial charge in [-0.15, -0.1) is 0 Å². The summed E-state index contributed by atoms with van der Waals surface area (Å²) in [7, 11) is 0. The first-order valence-corrected chi connectivity index (χ1v) is 5.65. The van der Waals surface area contributed by atoms with E-state index in [1.807, 2.05) is 0 Å². The summed E-state index contributed by atoms with van der Waals surface area (Å²) < 4.78 is 37.1. The van der Waals surface area contributed by atoms with Gasteiger partial charge in [0.15, 0.2) is 0 Å². The van der Waals surface area contributed by atoms with Gasteiger partial charge in [-0.3, -0.25) is 4.79 Å². The zero-order valence-corrected chi connectivity index (χ0v) is 9.26. The molecular formula is C13H13F3O. The molecule has 1 saturated carbocycles. The average molecular weight is 242 g/mol. The van der Waals surface area contributed by atoms with Crippen LogP contribution in [0.15, 0.2) is 24.3 Å². The number of ketones is 1. The Labute approximate surface area is 97.6 Å². The van der Waals surface area contributed by atoms with Gasteiger partial charge in [0.2, 0.25) is 0 Å². The van der Waals surface area contributed by atoms with Crippen molar-refractivity contribution in [3.63, 3.8) is 0 Å². The largest absolute Gasteiger partial charge is 0.416 e. The van der Waals surface area contributed by atoms with Crippen molar-refractivity contribution in [3.05, 3.63) is 35.4 Å². The molecule has 92 valence electrons. The summed E-state index contributed by atoms with van der Waals surface area (Å²) in [5.41, 5.74) is 0.203. The van der Waals surface area contributed by atoms with Crippen LogP contribution in [-0.4, -0.2) is 5.78 Å². The second-order valence-corrected chi connectivity index (χ2v) is 4.45. The molecule has 1 aliphatic carbocycles. The first-order chi connectivity index (χ1) is 7.97. The zero-order valence-electron chi connectivity index (χ0n) is 9.26. The van der Waals surface area contributed by atoms with Crippen LogP contribution in [0.2, 0.25) is 0 Å². The average Bonchev–Trinajstić information content (AvgIpc) is 2.28. The zero-order chi connectivity index (χ0) is 12.5. The van der Waals surface area contributed by atoms with Crippen molar-refractivity contribution < 1.29 is 18.0 Å². The normalized spacial score (nSPS) is 21.6. The highest BCUT2D eigenvalue weighted by Crippen LogP contribution is 2.34. The lowest BCUT2D eigenvalue weighted by molar-refractivity contribution is -0.137. The van der Waals surface area contributed by atoms with Gasteiger partial charge in [-0.05, 0) is 36.5 Å². The lowest BCUT2D eigenvalue weighted by Crippen LogP contribution is -2.13. The SMILES string of the molecule is O=C1CCCC(c2ccc(C(F)(F)F)cc2)C1. The minimum absolute atomic E-state index is 0.0959. The molecule has 17 heavy (non-hydrogen) atoms. The van der Waals surface area contributed by atoms with Gasteiger partial charge in [0.25, 0.3) is 0 Å². The number of alkyl halides is 3. The van der Waals surface area contributed by atoms with E-state index in [0.29, 0.717) is 12.8 Å². The first kappa shape index (κ1) is 12.1. The Balaban J connectivity index is 2.15. The van der Waals surface area contributed by atoms with E-state index in [0.717, 1.165) is 30.5 Å².